The third-order valence-corrected chi connectivity index (χ3v) is 10.4. The molecule has 4 aliphatic carbocycles. The maximum Gasteiger partial charge on any atom is 0.303 e. The van der Waals surface area contributed by atoms with E-state index in [2.05, 4.69) is 0 Å². The van der Waals surface area contributed by atoms with Gasteiger partial charge in [-0.25, -0.2) is 0 Å². The summed E-state index contributed by atoms with van der Waals surface area (Å²) >= 11 is 0. The van der Waals surface area contributed by atoms with Gasteiger partial charge in [0.25, 0.3) is 20.2 Å². The summed E-state index contributed by atoms with van der Waals surface area (Å²) < 4.78 is 65.4. The number of hydrogen-bond acceptors (Lipinski definition) is 12. The highest BCUT2D eigenvalue weighted by molar-refractivity contribution is 7.86. The highest BCUT2D eigenvalue weighted by Crippen LogP contribution is 2.67. The maximum atomic E-state index is 14.0. The highest BCUT2D eigenvalue weighted by Gasteiger charge is 2.72. The molecule has 0 bridgehead atoms. The molecule has 0 aromatic heterocycles. The van der Waals surface area contributed by atoms with Crippen LogP contribution in [0.2, 0.25) is 0 Å². The van der Waals surface area contributed by atoms with Gasteiger partial charge in [0.15, 0.2) is 12.4 Å². The summed E-state index contributed by atoms with van der Waals surface area (Å²) in [4.78, 5) is 51.0. The van der Waals surface area contributed by atoms with Crippen LogP contribution in [-0.4, -0.2) is 82.2 Å². The molecule has 39 heavy (non-hydrogen) atoms. The second kappa shape index (κ2) is 9.54. The molecule has 0 aromatic rings. The van der Waals surface area contributed by atoms with Gasteiger partial charge in [0, 0.05) is 42.4 Å². The van der Waals surface area contributed by atoms with E-state index in [9.17, 15) is 41.1 Å². The SMILES string of the molecule is CC(=O)OCC(=O)[C@@]1(O)CC[C@H]2[C@@H]3C(OS(C)(=O)=O)C(OS(C)(=O)=O)C4=CC(=O)CC[C@]4(C)[C@H]3C(=O)C[C@@]21C. The van der Waals surface area contributed by atoms with Crippen molar-refractivity contribution >= 4 is 43.6 Å². The summed E-state index contributed by atoms with van der Waals surface area (Å²) in [6.45, 7) is 3.70. The fourth-order valence-corrected chi connectivity index (χ4v) is 8.92. The first-order chi connectivity index (χ1) is 17.7. The van der Waals surface area contributed by atoms with Crippen molar-refractivity contribution in [3.8, 4) is 0 Å². The molecule has 3 fully saturated rings. The van der Waals surface area contributed by atoms with Gasteiger partial charge in [-0.05, 0) is 36.8 Å². The zero-order valence-corrected chi connectivity index (χ0v) is 24.1. The molecular weight excluding hydrogens is 556 g/mol. The zero-order valence-electron chi connectivity index (χ0n) is 22.5. The van der Waals surface area contributed by atoms with Crippen LogP contribution in [0.15, 0.2) is 11.6 Å². The quantitative estimate of drug-likeness (QED) is 0.320. The summed E-state index contributed by atoms with van der Waals surface area (Å²) in [6.07, 6.45) is -0.143. The lowest BCUT2D eigenvalue weighted by atomic mass is 9.44. The van der Waals surface area contributed by atoms with Gasteiger partial charge in [-0.15, -0.1) is 0 Å². The lowest BCUT2D eigenvalue weighted by Crippen LogP contribution is -2.67. The molecule has 12 nitrogen and oxygen atoms in total. The van der Waals surface area contributed by atoms with Crippen molar-refractivity contribution in [1.82, 2.24) is 0 Å². The Labute approximate surface area is 227 Å². The van der Waals surface area contributed by atoms with E-state index in [1.165, 1.54) is 6.08 Å². The van der Waals surface area contributed by atoms with E-state index in [0.29, 0.717) is 0 Å². The van der Waals surface area contributed by atoms with E-state index < -0.39 is 85.0 Å². The number of carbonyl (C=O) groups is 4. The average molecular weight is 591 g/mol. The van der Waals surface area contributed by atoms with Gasteiger partial charge in [0.2, 0.25) is 5.78 Å². The first-order valence-electron chi connectivity index (χ1n) is 12.7. The molecule has 0 heterocycles. The molecule has 0 aromatic carbocycles. The number of fused-ring (bicyclic) bond motifs is 5. The minimum atomic E-state index is -4.25. The van der Waals surface area contributed by atoms with Gasteiger partial charge in [-0.2, -0.15) is 16.8 Å². The van der Waals surface area contributed by atoms with E-state index in [1.807, 2.05) is 0 Å². The van der Waals surface area contributed by atoms with Crippen LogP contribution >= 0.6 is 0 Å². The van der Waals surface area contributed by atoms with Crippen LogP contribution in [0.4, 0.5) is 0 Å². The summed E-state index contributed by atoms with van der Waals surface area (Å²) in [5, 5.41) is 11.7. The molecule has 4 rings (SSSR count). The molecule has 0 amide bonds. The molecule has 0 aliphatic heterocycles. The molecule has 1 N–H and O–H groups in total. The Morgan fingerprint density at radius 2 is 1.67 bits per heavy atom. The lowest BCUT2D eigenvalue weighted by Gasteiger charge is -2.60. The predicted octanol–water partition coefficient (Wildman–Crippen LogP) is 0.470. The van der Waals surface area contributed by atoms with Gasteiger partial charge in [0.1, 0.15) is 23.6 Å². The first-order valence-corrected chi connectivity index (χ1v) is 16.3. The van der Waals surface area contributed by atoms with Crippen LogP contribution < -0.4 is 0 Å². The minimum Gasteiger partial charge on any atom is -0.458 e. The van der Waals surface area contributed by atoms with Crippen LogP contribution in [0.5, 0.6) is 0 Å². The Morgan fingerprint density at radius 3 is 2.23 bits per heavy atom. The molecule has 0 spiro atoms. The van der Waals surface area contributed by atoms with Crippen LogP contribution in [0.3, 0.4) is 0 Å². The number of ketones is 3. The summed E-state index contributed by atoms with van der Waals surface area (Å²) in [6, 6.07) is 0. The normalized spacial score (nSPS) is 40.3. The molecule has 8 atom stereocenters. The van der Waals surface area contributed by atoms with Crippen LogP contribution in [-0.2, 0) is 52.5 Å². The average Bonchev–Trinajstić information content (AvgIpc) is 3.04. The van der Waals surface area contributed by atoms with Crippen molar-refractivity contribution in [2.45, 2.75) is 70.7 Å². The molecule has 2 unspecified atom stereocenters. The highest BCUT2D eigenvalue weighted by atomic mass is 32.2. The summed E-state index contributed by atoms with van der Waals surface area (Å²) in [5.74, 6) is -4.76. The number of rotatable bonds is 7. The Hall–Kier alpha value is -2.00. The van der Waals surface area contributed by atoms with Crippen LogP contribution in [0.25, 0.3) is 0 Å². The number of carbonyl (C=O) groups excluding carboxylic acids is 4. The Bertz CT molecular complexity index is 1360. The monoisotopic (exact) mass is 590 g/mol. The largest absolute Gasteiger partial charge is 0.458 e. The van der Waals surface area contributed by atoms with Gasteiger partial charge >= 0.3 is 5.97 Å². The molecular formula is C25H34O12S2. The summed E-state index contributed by atoms with van der Waals surface area (Å²) in [5.41, 5.74) is -4.36. The maximum absolute atomic E-state index is 14.0. The van der Waals surface area contributed by atoms with Crippen molar-refractivity contribution in [1.29, 1.82) is 0 Å². The van der Waals surface area contributed by atoms with Crippen molar-refractivity contribution < 1.29 is 54.2 Å². The number of esters is 1. The van der Waals surface area contributed by atoms with Crippen molar-refractivity contribution in [2.75, 3.05) is 19.1 Å². The van der Waals surface area contributed by atoms with E-state index in [1.54, 1.807) is 13.8 Å². The molecule has 14 heteroatoms. The number of hydrogen-bond donors (Lipinski definition) is 1. The Morgan fingerprint density at radius 1 is 1.05 bits per heavy atom. The van der Waals surface area contributed by atoms with Gasteiger partial charge in [-0.1, -0.05) is 13.8 Å². The Balaban J connectivity index is 1.91. The van der Waals surface area contributed by atoms with E-state index in [0.717, 1.165) is 19.4 Å². The zero-order chi connectivity index (χ0) is 29.3. The van der Waals surface area contributed by atoms with Crippen molar-refractivity contribution in [3.05, 3.63) is 11.6 Å². The van der Waals surface area contributed by atoms with Gasteiger partial charge in [-0.3, -0.25) is 27.5 Å². The lowest BCUT2D eigenvalue weighted by molar-refractivity contribution is -0.183. The fraction of sp³-hybridized carbons (Fsp3) is 0.760. The van der Waals surface area contributed by atoms with Crippen molar-refractivity contribution in [3.63, 3.8) is 0 Å². The third-order valence-electron chi connectivity index (χ3n) is 9.29. The Kier molecular flexibility index (Phi) is 7.33. The molecule has 0 saturated heterocycles. The first kappa shape index (κ1) is 30.0. The van der Waals surface area contributed by atoms with E-state index in [4.69, 9.17) is 13.1 Å². The molecule has 4 aliphatic rings. The van der Waals surface area contributed by atoms with Crippen LogP contribution in [0.1, 0.15) is 52.9 Å². The predicted molar refractivity (Wildman–Crippen MR) is 134 cm³/mol. The van der Waals surface area contributed by atoms with Gasteiger partial charge < -0.3 is 9.84 Å². The molecule has 0 radical (unpaired) electrons. The number of Topliss-reactive ketones (excluding diaryl/α,β-unsaturated/α-hetero) is 2. The van der Waals surface area contributed by atoms with E-state index >= 15 is 0 Å². The fourth-order valence-electron chi connectivity index (χ4n) is 7.70. The van der Waals surface area contributed by atoms with E-state index in [-0.39, 0.29) is 49.2 Å². The van der Waals surface area contributed by atoms with Crippen LogP contribution in [0, 0.1) is 28.6 Å². The topological polar surface area (TPSA) is 184 Å². The smallest absolute Gasteiger partial charge is 0.303 e. The molecule has 3 saturated carbocycles. The third kappa shape index (κ3) is 5.03. The number of aliphatic hydroxyl groups is 1. The minimum absolute atomic E-state index is 0.0897. The number of ether oxygens (including phenoxy) is 1. The van der Waals surface area contributed by atoms with Crippen molar-refractivity contribution in [2.24, 2.45) is 28.6 Å². The molecule has 218 valence electrons. The second-order valence-corrected chi connectivity index (χ2v) is 15.0. The summed E-state index contributed by atoms with van der Waals surface area (Å²) in [7, 11) is -8.46. The second-order valence-electron chi connectivity index (χ2n) is 11.8. The van der Waals surface area contributed by atoms with Gasteiger partial charge in [0.05, 0.1) is 12.5 Å². The standard InChI is InChI=1S/C25H34O12S2/c1-13(26)35-12-18(29)25(30)9-7-15-19-20(17(28)11-24(15,25)3)23(2)8-6-14(27)10-16(23)21(36-38(4,31)32)22(19)37-39(5,33)34/h10,15,19-22,30H,6-9,11-12H2,1-5H3/t15-,19-,20-,21?,22?,23-,24-,25-/m0/s1.